The van der Waals surface area contributed by atoms with Gasteiger partial charge in [-0.15, -0.1) is 0 Å². The number of nitrogens with zero attached hydrogens (tertiary/aromatic N) is 1. The summed E-state index contributed by atoms with van der Waals surface area (Å²) in [7, 11) is -3.31. The van der Waals surface area contributed by atoms with E-state index >= 15 is 0 Å². The second-order valence-electron chi connectivity index (χ2n) is 4.10. The van der Waals surface area contributed by atoms with E-state index in [0.29, 0.717) is 5.84 Å². The van der Waals surface area contributed by atoms with Gasteiger partial charge in [0.25, 0.3) is 0 Å². The number of hydrogen-bond acceptors (Lipinski definition) is 3. The van der Waals surface area contributed by atoms with Gasteiger partial charge in [0, 0.05) is 6.20 Å². The molecule has 16 heavy (non-hydrogen) atoms. The van der Waals surface area contributed by atoms with Crippen LogP contribution in [0, 0.1) is 5.92 Å². The lowest BCUT2D eigenvalue weighted by atomic mass is 10.2. The molecule has 0 aliphatic rings. The first-order chi connectivity index (χ1) is 7.31. The summed E-state index contributed by atoms with van der Waals surface area (Å²) in [4.78, 5) is 3.99. The van der Waals surface area contributed by atoms with Crippen LogP contribution < -0.4 is 4.72 Å². The Morgan fingerprint density at radius 3 is 2.38 bits per heavy atom. The van der Waals surface area contributed by atoms with E-state index < -0.39 is 15.3 Å². The summed E-state index contributed by atoms with van der Waals surface area (Å²) in [6.07, 6.45) is 4.35. The molecule has 0 aromatic heterocycles. The summed E-state index contributed by atoms with van der Waals surface area (Å²) < 4.78 is 26.1. The minimum absolute atomic E-state index is 0.0801. The van der Waals surface area contributed by atoms with Crippen LogP contribution in [0.2, 0.25) is 0 Å². The first-order valence-corrected chi connectivity index (χ1v) is 7.07. The van der Waals surface area contributed by atoms with E-state index in [-0.39, 0.29) is 5.92 Å². The van der Waals surface area contributed by atoms with E-state index in [2.05, 4.69) is 9.71 Å². The van der Waals surface area contributed by atoms with Gasteiger partial charge in [0.15, 0.2) is 0 Å². The predicted molar refractivity (Wildman–Crippen MR) is 68.9 cm³/mol. The molecule has 0 aliphatic carbocycles. The van der Waals surface area contributed by atoms with Gasteiger partial charge < -0.3 is 0 Å². The molecular formula is C11H22N2O2S. The Morgan fingerprint density at radius 2 is 1.94 bits per heavy atom. The molecule has 1 atom stereocenters. The molecule has 94 valence electrons. The van der Waals surface area contributed by atoms with Crippen molar-refractivity contribution in [2.24, 2.45) is 10.9 Å². The van der Waals surface area contributed by atoms with E-state index in [1.54, 1.807) is 20.0 Å². The third kappa shape index (κ3) is 5.30. The summed E-state index contributed by atoms with van der Waals surface area (Å²) >= 11 is 0. The molecule has 0 bridgehead atoms. The van der Waals surface area contributed by atoms with E-state index in [0.717, 1.165) is 6.42 Å². The number of amidine groups is 1. The molecule has 0 aliphatic heterocycles. The van der Waals surface area contributed by atoms with Crippen molar-refractivity contribution in [3.05, 3.63) is 12.3 Å². The lowest BCUT2D eigenvalue weighted by Crippen LogP contribution is -2.38. The SMILES string of the molecule is CC/C=C\N=C(/C)NS(=O)(=O)C(C)C(C)C. The van der Waals surface area contributed by atoms with Crippen molar-refractivity contribution < 1.29 is 8.42 Å². The van der Waals surface area contributed by atoms with E-state index in [9.17, 15) is 8.42 Å². The fourth-order valence-electron chi connectivity index (χ4n) is 0.953. The zero-order valence-corrected chi connectivity index (χ0v) is 11.5. The lowest BCUT2D eigenvalue weighted by molar-refractivity contribution is 0.542. The van der Waals surface area contributed by atoms with Crippen molar-refractivity contribution in [2.75, 3.05) is 0 Å². The Kier molecular flexibility index (Phi) is 6.33. The number of rotatable bonds is 5. The van der Waals surface area contributed by atoms with Crippen LogP contribution in [0.1, 0.15) is 41.0 Å². The van der Waals surface area contributed by atoms with Crippen molar-refractivity contribution >= 4 is 15.9 Å². The number of sulfonamides is 1. The number of hydrogen-bond donors (Lipinski definition) is 1. The summed E-state index contributed by atoms with van der Waals surface area (Å²) in [5.41, 5.74) is 0. The molecule has 0 rings (SSSR count). The van der Waals surface area contributed by atoms with Gasteiger partial charge in [0.1, 0.15) is 5.84 Å². The molecule has 5 heteroatoms. The van der Waals surface area contributed by atoms with Gasteiger partial charge in [0.05, 0.1) is 5.25 Å². The molecule has 0 amide bonds. The molecule has 1 N–H and O–H groups in total. The maximum atomic E-state index is 11.8. The topological polar surface area (TPSA) is 58.5 Å². The van der Waals surface area contributed by atoms with E-state index in [1.807, 2.05) is 26.8 Å². The normalized spacial score (nSPS) is 15.8. The number of allylic oxidation sites excluding steroid dienone is 1. The maximum absolute atomic E-state index is 11.8. The van der Waals surface area contributed by atoms with Crippen molar-refractivity contribution in [1.82, 2.24) is 4.72 Å². The third-order valence-electron chi connectivity index (χ3n) is 2.33. The largest absolute Gasteiger partial charge is 0.271 e. The molecule has 0 fully saturated rings. The van der Waals surface area contributed by atoms with Crippen molar-refractivity contribution in [1.29, 1.82) is 0 Å². The van der Waals surface area contributed by atoms with Crippen LogP contribution in [0.3, 0.4) is 0 Å². The highest BCUT2D eigenvalue weighted by Gasteiger charge is 2.23. The minimum atomic E-state index is -3.31. The van der Waals surface area contributed by atoms with Crippen LogP contribution in [-0.4, -0.2) is 19.5 Å². The molecule has 0 aromatic rings. The molecule has 4 nitrogen and oxygen atoms in total. The van der Waals surface area contributed by atoms with Gasteiger partial charge in [-0.2, -0.15) is 0 Å². The molecular weight excluding hydrogens is 224 g/mol. The van der Waals surface area contributed by atoms with Gasteiger partial charge in [-0.25, -0.2) is 13.4 Å². The van der Waals surface area contributed by atoms with Crippen LogP contribution in [0.5, 0.6) is 0 Å². The third-order valence-corrected chi connectivity index (χ3v) is 4.43. The highest BCUT2D eigenvalue weighted by atomic mass is 32.2. The monoisotopic (exact) mass is 246 g/mol. The summed E-state index contributed by atoms with van der Waals surface area (Å²) in [5.74, 6) is 0.480. The molecule has 0 saturated heterocycles. The fourth-order valence-corrected chi connectivity index (χ4v) is 2.32. The lowest BCUT2D eigenvalue weighted by Gasteiger charge is -2.17. The van der Waals surface area contributed by atoms with Crippen LogP contribution in [-0.2, 0) is 10.0 Å². The zero-order chi connectivity index (χ0) is 12.8. The second-order valence-corrected chi connectivity index (χ2v) is 6.14. The van der Waals surface area contributed by atoms with Crippen LogP contribution in [0.25, 0.3) is 0 Å². The van der Waals surface area contributed by atoms with Crippen molar-refractivity contribution in [2.45, 2.75) is 46.3 Å². The average Bonchev–Trinajstić information content (AvgIpc) is 2.16. The predicted octanol–water partition coefficient (Wildman–Crippen LogP) is 2.29. The Hall–Kier alpha value is -0.840. The standard InChI is InChI=1S/C11H22N2O2S/c1-6-7-8-12-11(5)13-16(14,15)10(4)9(2)3/h7-10H,6H2,1-5H3,(H,12,13)/b8-7-. The van der Waals surface area contributed by atoms with Gasteiger partial charge in [-0.3, -0.25) is 4.72 Å². The van der Waals surface area contributed by atoms with Gasteiger partial charge in [-0.1, -0.05) is 26.8 Å². The van der Waals surface area contributed by atoms with Crippen LogP contribution >= 0.6 is 0 Å². The van der Waals surface area contributed by atoms with Gasteiger partial charge in [-0.05, 0) is 26.2 Å². The highest BCUT2D eigenvalue weighted by Crippen LogP contribution is 2.09. The first-order valence-electron chi connectivity index (χ1n) is 5.52. The number of nitrogens with one attached hydrogen (secondary N) is 1. The van der Waals surface area contributed by atoms with Crippen LogP contribution in [0.15, 0.2) is 17.3 Å². The molecule has 1 unspecified atom stereocenters. The summed E-state index contributed by atoms with van der Waals surface area (Å²) in [5, 5.41) is -0.423. The zero-order valence-electron chi connectivity index (χ0n) is 10.7. The second kappa shape index (κ2) is 6.68. The van der Waals surface area contributed by atoms with Crippen molar-refractivity contribution in [3.63, 3.8) is 0 Å². The van der Waals surface area contributed by atoms with E-state index in [1.165, 1.54) is 0 Å². The smallest absolute Gasteiger partial charge is 0.236 e. The van der Waals surface area contributed by atoms with Crippen LogP contribution in [0.4, 0.5) is 0 Å². The molecule has 0 aromatic carbocycles. The molecule has 0 heterocycles. The Bertz CT molecular complexity index is 356. The Balaban J connectivity index is 4.60. The highest BCUT2D eigenvalue weighted by molar-refractivity contribution is 7.90. The van der Waals surface area contributed by atoms with Gasteiger partial charge in [0.2, 0.25) is 10.0 Å². The Morgan fingerprint density at radius 1 is 1.38 bits per heavy atom. The summed E-state index contributed by atoms with van der Waals surface area (Å²) in [6.45, 7) is 9.10. The quantitative estimate of drug-likeness (QED) is 0.597. The molecule has 0 spiro atoms. The van der Waals surface area contributed by atoms with Crippen molar-refractivity contribution in [3.8, 4) is 0 Å². The maximum Gasteiger partial charge on any atom is 0.236 e. The van der Waals surface area contributed by atoms with E-state index in [4.69, 9.17) is 0 Å². The minimum Gasteiger partial charge on any atom is -0.271 e. The average molecular weight is 246 g/mol. The van der Waals surface area contributed by atoms with Gasteiger partial charge >= 0.3 is 0 Å². The summed E-state index contributed by atoms with van der Waals surface area (Å²) in [6, 6.07) is 0. The number of aliphatic imine (C=N–C) groups is 1. The first kappa shape index (κ1) is 15.2. The molecule has 0 saturated carbocycles. The molecule has 0 radical (unpaired) electrons. The Labute approximate surface area is 98.9 Å². The fraction of sp³-hybridized carbons (Fsp3) is 0.727.